The number of hydrogen-bond donors (Lipinski definition) is 2. The molecular formula is C25H31N5O. The number of carbonyl (C=O) groups is 1. The fourth-order valence-corrected chi connectivity index (χ4v) is 4.28. The number of benzene rings is 2. The molecule has 1 aromatic heterocycles. The Balaban J connectivity index is 1.34. The number of rotatable bonds is 6. The molecule has 2 aromatic carbocycles. The summed E-state index contributed by atoms with van der Waals surface area (Å²) in [7, 11) is 4.00. The Kier molecular flexibility index (Phi) is 6.35. The fourth-order valence-electron chi connectivity index (χ4n) is 4.28. The predicted octanol–water partition coefficient (Wildman–Crippen LogP) is 4.29. The Bertz CT molecular complexity index is 1060. The lowest BCUT2D eigenvalue weighted by molar-refractivity contribution is -0.126. The third-order valence-electron chi connectivity index (χ3n) is 6.15. The number of nitrogens with one attached hydrogen (secondary N) is 2. The van der Waals surface area contributed by atoms with Gasteiger partial charge in [0.05, 0.1) is 5.52 Å². The second kappa shape index (κ2) is 9.33. The zero-order valence-corrected chi connectivity index (χ0v) is 18.6. The van der Waals surface area contributed by atoms with Gasteiger partial charge in [-0.05, 0) is 55.9 Å². The van der Waals surface area contributed by atoms with E-state index < -0.39 is 0 Å². The molecule has 0 radical (unpaired) electrons. The molecule has 162 valence electrons. The molecule has 0 unspecified atom stereocenters. The van der Waals surface area contributed by atoms with Gasteiger partial charge in [0.15, 0.2) is 0 Å². The van der Waals surface area contributed by atoms with Gasteiger partial charge in [0.2, 0.25) is 11.9 Å². The Hall–Kier alpha value is -3.15. The molecule has 3 aromatic rings. The first-order chi connectivity index (χ1) is 15.0. The van der Waals surface area contributed by atoms with Gasteiger partial charge in [-0.15, -0.1) is 0 Å². The van der Waals surface area contributed by atoms with E-state index >= 15 is 0 Å². The molecule has 1 amide bonds. The molecule has 0 saturated heterocycles. The molecule has 0 bridgehead atoms. The molecule has 2 N–H and O–H groups in total. The average molecular weight is 418 g/mol. The van der Waals surface area contributed by atoms with Gasteiger partial charge >= 0.3 is 0 Å². The van der Waals surface area contributed by atoms with Crippen molar-refractivity contribution in [3.8, 4) is 0 Å². The van der Waals surface area contributed by atoms with Gasteiger partial charge in [0, 0.05) is 38.0 Å². The first-order valence-electron chi connectivity index (χ1n) is 11.0. The number of para-hydroxylation sites is 1. The zero-order chi connectivity index (χ0) is 21.8. The summed E-state index contributed by atoms with van der Waals surface area (Å²) in [5, 5.41) is 7.69. The molecule has 1 aliphatic carbocycles. The van der Waals surface area contributed by atoms with Gasteiger partial charge in [0.1, 0.15) is 5.82 Å². The maximum Gasteiger partial charge on any atom is 0.225 e. The maximum absolute atomic E-state index is 12.7. The van der Waals surface area contributed by atoms with E-state index in [4.69, 9.17) is 9.97 Å². The summed E-state index contributed by atoms with van der Waals surface area (Å²) in [5.41, 5.74) is 3.33. The van der Waals surface area contributed by atoms with Gasteiger partial charge in [-0.25, -0.2) is 4.98 Å². The standard InChI is InChI=1S/C25H31N5O/c1-17-8-4-5-9-19(17)16-26-24(31)18-12-14-20(15-13-18)27-25-28-22-11-7-6-10-21(22)23(29-25)30(2)3/h4-11,18,20H,12-16H2,1-3H3,(H,26,31)(H,27,28,29)/t18-,20+. The van der Waals surface area contributed by atoms with Crippen molar-refractivity contribution in [1.82, 2.24) is 15.3 Å². The average Bonchev–Trinajstić information content (AvgIpc) is 2.78. The number of fused-ring (bicyclic) bond motifs is 1. The highest BCUT2D eigenvalue weighted by atomic mass is 16.1. The monoisotopic (exact) mass is 417 g/mol. The van der Waals surface area contributed by atoms with E-state index in [-0.39, 0.29) is 17.9 Å². The van der Waals surface area contributed by atoms with E-state index in [2.05, 4.69) is 35.8 Å². The number of nitrogens with zero attached hydrogens (tertiary/aromatic N) is 3. The second-order valence-electron chi connectivity index (χ2n) is 8.62. The van der Waals surface area contributed by atoms with Crippen LogP contribution in [0.3, 0.4) is 0 Å². The summed E-state index contributed by atoms with van der Waals surface area (Å²) in [6.07, 6.45) is 3.64. The van der Waals surface area contributed by atoms with Crippen LogP contribution in [0.15, 0.2) is 48.5 Å². The van der Waals surface area contributed by atoms with Crippen molar-refractivity contribution in [2.24, 2.45) is 5.92 Å². The highest BCUT2D eigenvalue weighted by Gasteiger charge is 2.26. The van der Waals surface area contributed by atoms with Crippen molar-refractivity contribution >= 4 is 28.6 Å². The first-order valence-corrected chi connectivity index (χ1v) is 11.0. The molecule has 1 saturated carbocycles. The summed E-state index contributed by atoms with van der Waals surface area (Å²) in [6.45, 7) is 2.68. The van der Waals surface area contributed by atoms with Crippen molar-refractivity contribution in [3.05, 3.63) is 59.7 Å². The molecule has 31 heavy (non-hydrogen) atoms. The van der Waals surface area contributed by atoms with Crippen molar-refractivity contribution in [2.75, 3.05) is 24.3 Å². The third-order valence-corrected chi connectivity index (χ3v) is 6.15. The van der Waals surface area contributed by atoms with Gasteiger partial charge < -0.3 is 15.5 Å². The lowest BCUT2D eigenvalue weighted by Gasteiger charge is -2.29. The molecule has 6 nitrogen and oxygen atoms in total. The van der Waals surface area contributed by atoms with E-state index in [1.807, 2.05) is 49.3 Å². The van der Waals surface area contributed by atoms with Crippen molar-refractivity contribution in [1.29, 1.82) is 0 Å². The maximum atomic E-state index is 12.7. The number of hydrogen-bond acceptors (Lipinski definition) is 5. The van der Waals surface area contributed by atoms with E-state index in [9.17, 15) is 4.79 Å². The van der Waals surface area contributed by atoms with E-state index in [1.165, 1.54) is 11.1 Å². The number of carbonyl (C=O) groups excluding carboxylic acids is 1. The van der Waals surface area contributed by atoms with Crippen molar-refractivity contribution in [3.63, 3.8) is 0 Å². The van der Waals surface area contributed by atoms with Crippen LogP contribution in [0.5, 0.6) is 0 Å². The largest absolute Gasteiger partial charge is 0.362 e. The fraction of sp³-hybridized carbons (Fsp3) is 0.400. The minimum Gasteiger partial charge on any atom is -0.362 e. The van der Waals surface area contributed by atoms with Crippen LogP contribution in [0.1, 0.15) is 36.8 Å². The van der Waals surface area contributed by atoms with Crippen LogP contribution in [0, 0.1) is 12.8 Å². The summed E-state index contributed by atoms with van der Waals surface area (Å²) in [5.74, 6) is 1.82. The molecule has 6 heteroatoms. The number of aryl methyl sites for hydroxylation is 1. The van der Waals surface area contributed by atoms with Gasteiger partial charge in [-0.2, -0.15) is 4.98 Å². The third kappa shape index (κ3) is 4.95. The second-order valence-corrected chi connectivity index (χ2v) is 8.62. The van der Waals surface area contributed by atoms with Crippen LogP contribution in [0.2, 0.25) is 0 Å². The molecule has 0 spiro atoms. The van der Waals surface area contributed by atoms with E-state index in [0.29, 0.717) is 12.5 Å². The van der Waals surface area contributed by atoms with Crippen molar-refractivity contribution in [2.45, 2.75) is 45.2 Å². The van der Waals surface area contributed by atoms with Crippen LogP contribution in [0.25, 0.3) is 10.9 Å². The predicted molar refractivity (Wildman–Crippen MR) is 126 cm³/mol. The van der Waals surface area contributed by atoms with E-state index in [0.717, 1.165) is 42.4 Å². The first kappa shape index (κ1) is 21.1. The summed E-state index contributed by atoms with van der Waals surface area (Å²) in [6, 6.07) is 16.6. The quantitative estimate of drug-likeness (QED) is 0.626. The van der Waals surface area contributed by atoms with Crippen molar-refractivity contribution < 1.29 is 4.79 Å². The Morgan fingerprint density at radius 2 is 1.71 bits per heavy atom. The van der Waals surface area contributed by atoms with Crippen LogP contribution in [0.4, 0.5) is 11.8 Å². The van der Waals surface area contributed by atoms with Gasteiger partial charge in [0.25, 0.3) is 0 Å². The number of aromatic nitrogens is 2. The minimum atomic E-state index is 0.0805. The van der Waals surface area contributed by atoms with Crippen LogP contribution < -0.4 is 15.5 Å². The molecule has 4 rings (SSSR count). The Morgan fingerprint density at radius 1 is 1.00 bits per heavy atom. The Morgan fingerprint density at radius 3 is 2.45 bits per heavy atom. The van der Waals surface area contributed by atoms with Crippen LogP contribution in [-0.2, 0) is 11.3 Å². The molecule has 1 fully saturated rings. The normalized spacial score (nSPS) is 18.5. The smallest absolute Gasteiger partial charge is 0.225 e. The van der Waals surface area contributed by atoms with Gasteiger partial charge in [-0.1, -0.05) is 36.4 Å². The molecule has 0 aliphatic heterocycles. The van der Waals surface area contributed by atoms with Crippen LogP contribution in [-0.4, -0.2) is 36.0 Å². The Labute approximate surface area is 184 Å². The highest BCUT2D eigenvalue weighted by molar-refractivity contribution is 5.90. The molecular weight excluding hydrogens is 386 g/mol. The SMILES string of the molecule is Cc1ccccc1CNC(=O)[C@H]1CC[C@@H](Nc2nc(N(C)C)c3ccccc3n2)CC1. The number of amides is 1. The summed E-state index contributed by atoms with van der Waals surface area (Å²) < 4.78 is 0. The summed E-state index contributed by atoms with van der Waals surface area (Å²) in [4.78, 5) is 24.1. The topological polar surface area (TPSA) is 70.2 Å². The lowest BCUT2D eigenvalue weighted by atomic mass is 9.85. The lowest BCUT2D eigenvalue weighted by Crippen LogP contribution is -2.36. The zero-order valence-electron chi connectivity index (χ0n) is 18.6. The number of anilines is 2. The van der Waals surface area contributed by atoms with Gasteiger partial charge in [-0.3, -0.25) is 4.79 Å². The summed E-state index contributed by atoms with van der Waals surface area (Å²) >= 11 is 0. The molecule has 1 aliphatic rings. The molecule has 1 heterocycles. The van der Waals surface area contributed by atoms with Crippen LogP contribution >= 0.6 is 0 Å². The minimum absolute atomic E-state index is 0.0805. The highest BCUT2D eigenvalue weighted by Crippen LogP contribution is 2.28. The van der Waals surface area contributed by atoms with E-state index in [1.54, 1.807) is 0 Å². The molecule has 0 atom stereocenters.